The Labute approximate surface area is 573 Å². The summed E-state index contributed by atoms with van der Waals surface area (Å²) in [5, 5.41) is 0. The van der Waals surface area contributed by atoms with E-state index in [0.29, 0.717) is 29.1 Å². The molecule has 0 heteroatoms. The molecule has 0 aliphatic heterocycles. The van der Waals surface area contributed by atoms with Crippen LogP contribution >= 0.6 is 0 Å². The fourth-order valence-electron chi connectivity index (χ4n) is 11.1. The molecule has 528 valence electrons. The van der Waals surface area contributed by atoms with Crippen LogP contribution in [-0.2, 0) is 0 Å². The zero-order valence-electron chi connectivity index (χ0n) is 79.3. The van der Waals surface area contributed by atoms with Crippen LogP contribution in [0.25, 0.3) is 0 Å². The molecule has 0 heterocycles. The first-order valence-electron chi connectivity index (χ1n) is 44.5. The average molecular weight is 1230 g/mol. The van der Waals surface area contributed by atoms with Crippen molar-refractivity contribution >= 4 is 0 Å². The Morgan fingerprint density at radius 1 is 0.407 bits per heavy atom. The third kappa shape index (κ3) is 74.7. The second-order valence-electron chi connectivity index (χ2n) is 32.2. The number of unbranched alkanes of at least 4 members (excludes halogenated alkanes) is 1. The molecule has 0 atom stereocenters. The predicted molar refractivity (Wildman–Crippen MR) is 409 cm³/mol. The second kappa shape index (κ2) is 63.7. The molecule has 8 aliphatic carbocycles. The third-order valence-corrected chi connectivity index (χ3v) is 18.1. The summed E-state index contributed by atoms with van der Waals surface area (Å²) in [5.74, 6) is 2.47. The van der Waals surface area contributed by atoms with E-state index < -0.39 is 31.9 Å². The molecule has 0 radical (unpaired) electrons. The molecule has 0 nitrogen and oxygen atoms in total. The number of hydrogen-bond acceptors (Lipinski definition) is 0. The zero-order valence-corrected chi connectivity index (χ0v) is 66.3. The van der Waals surface area contributed by atoms with Crippen molar-refractivity contribution in [3.05, 3.63) is 0 Å². The maximum atomic E-state index is 7.63. The summed E-state index contributed by atoms with van der Waals surface area (Å²) in [7, 11) is 0. The van der Waals surface area contributed by atoms with Crippen LogP contribution in [0.2, 0.25) is 0 Å². The van der Waals surface area contributed by atoms with Crippen LogP contribution in [-0.4, -0.2) is 0 Å². The van der Waals surface area contributed by atoms with Gasteiger partial charge in [0.05, 0.1) is 0 Å². The molecular formula is C86H184. The van der Waals surface area contributed by atoms with Crippen molar-refractivity contribution in [1.29, 1.82) is 0 Å². The number of hydrogen-bond donors (Lipinski definition) is 0. The van der Waals surface area contributed by atoms with E-state index in [2.05, 4.69) is 83.1 Å². The summed E-state index contributed by atoms with van der Waals surface area (Å²) in [6.07, 6.45) is 45.5. The zero-order chi connectivity index (χ0) is 79.3. The minimum Gasteiger partial charge on any atom is -0.0683 e. The topological polar surface area (TPSA) is 0 Å². The smallest absolute Gasteiger partial charge is 0.0300 e. The Bertz CT molecular complexity index is 1700. The van der Waals surface area contributed by atoms with Crippen LogP contribution in [0.3, 0.4) is 0 Å². The summed E-state index contributed by atoms with van der Waals surface area (Å²) < 4.78 is 94.1. The monoisotopic (exact) mass is 1230 g/mol. The highest BCUT2D eigenvalue weighted by molar-refractivity contribution is 4.92. The van der Waals surface area contributed by atoms with Crippen molar-refractivity contribution in [2.24, 2.45) is 74.3 Å². The molecule has 0 aromatic carbocycles. The SMILES string of the molecule is CC.CC(C)(C)C.CC1CCC2(CC1)CCC(C)(C)CC2.CC1CCC2(CCCC2)CC1.CCC.CCCC.[2H]C(C)(C)C.[2H]C([2H])(C)C(C)(C)C.[2H]C([2H])(C)C(C)C.[2H]C([2H])(C)C1CCCC1.[2H]C([2H])(C)C1CCCCC1.[2H]C([2H])(C)CC.[2H]C1(C)CCCC1.[2H]C1(C)CCCCC1. The molecule has 8 aliphatic rings. The molecule has 0 amide bonds. The van der Waals surface area contributed by atoms with Gasteiger partial charge in [0.2, 0.25) is 0 Å². The first-order valence-corrected chi connectivity index (χ1v) is 38.0. The lowest BCUT2D eigenvalue weighted by Crippen LogP contribution is -2.34. The van der Waals surface area contributed by atoms with Gasteiger partial charge in [0.1, 0.15) is 0 Å². The summed E-state index contributed by atoms with van der Waals surface area (Å²) in [5.41, 5.74) is 2.57. The van der Waals surface area contributed by atoms with Crippen LogP contribution in [0.4, 0.5) is 0 Å². The van der Waals surface area contributed by atoms with Crippen molar-refractivity contribution in [1.82, 2.24) is 0 Å². The molecule has 8 saturated carbocycles. The largest absolute Gasteiger partial charge is 0.0683 e. The molecule has 2 spiro atoms. The molecule has 0 aromatic heterocycles. The van der Waals surface area contributed by atoms with Gasteiger partial charge in [-0.15, -0.1) is 0 Å². The number of rotatable bonds is 5. The van der Waals surface area contributed by atoms with E-state index in [1.54, 1.807) is 60.3 Å². The van der Waals surface area contributed by atoms with Gasteiger partial charge in [0.25, 0.3) is 0 Å². The quantitative estimate of drug-likeness (QED) is 0.257. The Morgan fingerprint density at radius 2 is 0.640 bits per heavy atom. The summed E-state index contributed by atoms with van der Waals surface area (Å²) >= 11 is 0. The van der Waals surface area contributed by atoms with Gasteiger partial charge in [-0.05, 0) is 139 Å². The second-order valence-corrected chi connectivity index (χ2v) is 32.2. The molecule has 0 aromatic rings. The van der Waals surface area contributed by atoms with Crippen molar-refractivity contribution < 1.29 is 17.8 Å². The van der Waals surface area contributed by atoms with Gasteiger partial charge in [-0.25, -0.2) is 0 Å². The van der Waals surface area contributed by atoms with E-state index >= 15 is 0 Å². The minimum absolute atomic E-state index is 0.0556. The Balaban J connectivity index is -0.000000240. The van der Waals surface area contributed by atoms with Gasteiger partial charge in [-0.3, -0.25) is 0 Å². The van der Waals surface area contributed by atoms with E-state index in [-0.39, 0.29) is 29.0 Å². The van der Waals surface area contributed by atoms with Gasteiger partial charge in [-0.2, -0.15) is 0 Å². The van der Waals surface area contributed by atoms with Crippen LogP contribution in [0.5, 0.6) is 0 Å². The molecule has 8 rings (SSSR count). The standard InChI is InChI=1S/C14H26.C11H20.C8H16.2C7H14.C6H12.C6H14.2C5H12.3C4H10.C3H8.C2H6/c1-12-4-6-14(7-5-12)10-8-13(2,3)9-11-14;1-10-4-8-11(9-5-10)6-2-3-7-11;1-2-8-6-4-3-5-7-8;1-7-5-3-2-4-6-7;1-2-7-5-3-4-6-7;1-6-4-2-3-5-6;1-5-6(2,3)4;1-5(2,3)4;1-4-5(2)3;1-4(2)3;2*1-3-4-2;1-3-2;1-2/h12H,4-11H2,1-3H3;10H,2-9H2,1H3;8H,2-7H2,1H3;2*7H,2-6H2,1H3;6H,2-5H2,1H3;5H2,1-4H3;1-4H3;5H,4H2,1-3H3;4H,1-3H3;2*3-4H2,1-2H3;3H2,1-2H3;1-2H3/i;;2D2;7D;2D2;6D;5D2;;4D2;4D;3D2;;;. The highest BCUT2D eigenvalue weighted by Gasteiger charge is 2.40. The molecule has 8 fully saturated rings. The van der Waals surface area contributed by atoms with Crippen LogP contribution in [0.15, 0.2) is 0 Å². The first-order chi connectivity index (χ1) is 44.5. The van der Waals surface area contributed by atoms with Crippen LogP contribution in [0, 0.1) is 74.3 Å². The Morgan fingerprint density at radius 3 is 0.826 bits per heavy atom. The van der Waals surface area contributed by atoms with E-state index in [9.17, 15) is 0 Å². The Kier molecular flexibility index (Phi) is 53.2. The lowest BCUT2D eigenvalue weighted by Gasteiger charge is -2.47. The minimum atomic E-state index is -1.06. The molecular weight excluding hydrogens is 1030 g/mol. The average Bonchev–Trinajstić information content (AvgIpc) is 1.32. The normalized spacial score (nSPS) is 24.6. The molecule has 86 heavy (non-hydrogen) atoms. The van der Waals surface area contributed by atoms with Crippen LogP contribution < -0.4 is 0 Å². The summed E-state index contributed by atoms with van der Waals surface area (Å²) in [6.45, 7) is 60.2. The molecule has 0 unspecified atom stereocenters. The van der Waals surface area contributed by atoms with Crippen molar-refractivity contribution in [3.63, 3.8) is 0 Å². The predicted octanol–water partition coefficient (Wildman–Crippen LogP) is 33.2. The van der Waals surface area contributed by atoms with E-state index in [0.717, 1.165) is 74.0 Å². The van der Waals surface area contributed by atoms with E-state index in [4.69, 9.17) is 17.8 Å². The van der Waals surface area contributed by atoms with Gasteiger partial charge in [-0.1, -0.05) is 419 Å². The summed E-state index contributed by atoms with van der Waals surface area (Å²) in [4.78, 5) is 0. The molecule has 0 N–H and O–H groups in total. The van der Waals surface area contributed by atoms with Crippen molar-refractivity contribution in [3.8, 4) is 0 Å². The fourth-order valence-corrected chi connectivity index (χ4v) is 11.1. The highest BCUT2D eigenvalue weighted by Crippen LogP contribution is 2.53. The van der Waals surface area contributed by atoms with Crippen molar-refractivity contribution in [2.75, 3.05) is 0 Å². The van der Waals surface area contributed by atoms with E-state index in [1.807, 2.05) is 90.0 Å². The van der Waals surface area contributed by atoms with Crippen LogP contribution in [0.1, 0.15) is 501 Å². The molecule has 0 saturated heterocycles. The van der Waals surface area contributed by atoms with Crippen molar-refractivity contribution in [2.45, 2.75) is 484 Å². The third-order valence-electron chi connectivity index (χ3n) is 18.1. The van der Waals surface area contributed by atoms with E-state index in [1.165, 1.54) is 161 Å². The van der Waals surface area contributed by atoms with Gasteiger partial charge < -0.3 is 0 Å². The first kappa shape index (κ1) is 71.8. The van der Waals surface area contributed by atoms with Gasteiger partial charge in [0, 0.05) is 17.8 Å². The lowest BCUT2D eigenvalue weighted by molar-refractivity contribution is 0.0511. The highest BCUT2D eigenvalue weighted by atomic mass is 14.5. The Hall–Kier alpha value is 0. The maximum Gasteiger partial charge on any atom is 0.0300 e. The van der Waals surface area contributed by atoms with Gasteiger partial charge in [0.15, 0.2) is 0 Å². The van der Waals surface area contributed by atoms with Gasteiger partial charge >= 0.3 is 0 Å². The maximum absolute atomic E-state index is 7.63. The fraction of sp³-hybridized carbons (Fsp3) is 1.00. The lowest BCUT2D eigenvalue weighted by atomic mass is 9.59. The summed E-state index contributed by atoms with van der Waals surface area (Å²) in [6, 6.07) is 0. The molecule has 0 bridgehead atoms.